The maximum absolute atomic E-state index is 14.0. The first-order valence-electron chi connectivity index (χ1n) is 10.1. The summed E-state index contributed by atoms with van der Waals surface area (Å²) in [6, 6.07) is 13.8. The molecule has 2 atom stereocenters. The number of hydrogen-bond acceptors (Lipinski definition) is 5. The van der Waals surface area contributed by atoms with Crippen LogP contribution in [0.2, 0.25) is 0 Å². The van der Waals surface area contributed by atoms with E-state index in [1.807, 2.05) is 24.3 Å². The van der Waals surface area contributed by atoms with Crippen LogP contribution in [0.1, 0.15) is 42.7 Å². The van der Waals surface area contributed by atoms with Crippen LogP contribution in [-0.2, 0) is 14.3 Å². The highest BCUT2D eigenvalue weighted by molar-refractivity contribution is 6.04. The number of methoxy groups -OCH3 is 2. The second-order valence-electron chi connectivity index (χ2n) is 7.84. The number of benzene rings is 2. The first-order valence-corrected chi connectivity index (χ1v) is 10.1. The van der Waals surface area contributed by atoms with Gasteiger partial charge in [-0.05, 0) is 54.7 Å². The van der Waals surface area contributed by atoms with Crippen molar-refractivity contribution < 1.29 is 23.5 Å². The molecule has 0 aromatic heterocycles. The number of Topliss-reactive ketones (excluding diaryl/α,β-unsaturated/α-hetero) is 1. The molecule has 31 heavy (non-hydrogen) atoms. The highest BCUT2D eigenvalue weighted by Crippen LogP contribution is 2.45. The van der Waals surface area contributed by atoms with Gasteiger partial charge in [0.2, 0.25) is 0 Å². The summed E-state index contributed by atoms with van der Waals surface area (Å²) >= 11 is 0. The molecule has 6 heteroatoms. The van der Waals surface area contributed by atoms with Crippen molar-refractivity contribution in [3.05, 3.63) is 88.0 Å². The molecule has 2 aliphatic rings. The minimum absolute atomic E-state index is 0.00490. The number of carbonyl (C=O) groups excluding carboxylic acids is 2. The molecule has 0 radical (unpaired) electrons. The zero-order valence-corrected chi connectivity index (χ0v) is 17.7. The van der Waals surface area contributed by atoms with Crippen LogP contribution >= 0.6 is 0 Å². The largest absolute Gasteiger partial charge is 0.497 e. The van der Waals surface area contributed by atoms with Crippen molar-refractivity contribution in [3.8, 4) is 5.75 Å². The summed E-state index contributed by atoms with van der Waals surface area (Å²) in [5, 5.41) is 3.27. The van der Waals surface area contributed by atoms with E-state index in [4.69, 9.17) is 9.47 Å². The molecule has 1 heterocycles. The van der Waals surface area contributed by atoms with Crippen LogP contribution in [0.15, 0.2) is 71.1 Å². The van der Waals surface area contributed by atoms with Gasteiger partial charge in [-0.2, -0.15) is 0 Å². The number of rotatable bonds is 4. The van der Waals surface area contributed by atoms with E-state index in [9.17, 15) is 14.0 Å². The maximum atomic E-state index is 14.0. The molecule has 0 unspecified atom stereocenters. The van der Waals surface area contributed by atoms with Crippen molar-refractivity contribution in [2.45, 2.75) is 31.6 Å². The predicted molar refractivity (Wildman–Crippen MR) is 114 cm³/mol. The van der Waals surface area contributed by atoms with E-state index in [0.29, 0.717) is 35.2 Å². The summed E-state index contributed by atoms with van der Waals surface area (Å²) in [4.78, 5) is 26.0. The monoisotopic (exact) mass is 421 g/mol. The van der Waals surface area contributed by atoms with Gasteiger partial charge in [-0.25, -0.2) is 9.18 Å². The Kier molecular flexibility index (Phi) is 5.63. The number of esters is 1. The minimum Gasteiger partial charge on any atom is -0.497 e. The summed E-state index contributed by atoms with van der Waals surface area (Å²) in [6.07, 6.45) is 0.928. The maximum Gasteiger partial charge on any atom is 0.336 e. The number of halogens is 1. The van der Waals surface area contributed by atoms with Gasteiger partial charge < -0.3 is 14.8 Å². The number of dihydropyridines is 1. The van der Waals surface area contributed by atoms with Crippen molar-refractivity contribution in [1.82, 2.24) is 5.32 Å². The van der Waals surface area contributed by atoms with Crippen molar-refractivity contribution in [2.75, 3.05) is 14.2 Å². The molecule has 0 spiro atoms. The fourth-order valence-corrected chi connectivity index (χ4v) is 4.55. The van der Waals surface area contributed by atoms with Crippen molar-refractivity contribution in [1.29, 1.82) is 0 Å². The normalized spacial score (nSPS) is 20.8. The summed E-state index contributed by atoms with van der Waals surface area (Å²) < 4.78 is 24.3. The Labute approximate surface area is 180 Å². The van der Waals surface area contributed by atoms with Gasteiger partial charge in [0, 0.05) is 29.3 Å². The van der Waals surface area contributed by atoms with Gasteiger partial charge in [-0.1, -0.05) is 24.3 Å². The molecule has 0 fully saturated rings. The average Bonchev–Trinajstić information content (AvgIpc) is 2.77. The molecular formula is C25H24FNO4. The van der Waals surface area contributed by atoms with Crippen LogP contribution in [0.5, 0.6) is 5.75 Å². The third-order valence-corrected chi connectivity index (χ3v) is 6.00. The molecule has 2 aromatic rings. The summed E-state index contributed by atoms with van der Waals surface area (Å²) in [6.45, 7) is 1.78. The van der Waals surface area contributed by atoms with Crippen LogP contribution in [0, 0.1) is 5.82 Å². The lowest BCUT2D eigenvalue weighted by molar-refractivity contribution is -0.136. The fourth-order valence-electron chi connectivity index (χ4n) is 4.55. The molecular weight excluding hydrogens is 397 g/mol. The third kappa shape index (κ3) is 3.85. The number of ether oxygens (including phenoxy) is 2. The van der Waals surface area contributed by atoms with Crippen molar-refractivity contribution in [3.63, 3.8) is 0 Å². The number of ketones is 1. The third-order valence-electron chi connectivity index (χ3n) is 6.00. The van der Waals surface area contributed by atoms with E-state index in [0.717, 1.165) is 17.0 Å². The number of hydrogen-bond donors (Lipinski definition) is 1. The van der Waals surface area contributed by atoms with Crippen LogP contribution in [0.4, 0.5) is 4.39 Å². The standard InChI is InChI=1S/C25H24FNO4/c1-14-22(25(29)31-3)23(16-5-4-6-18(26)11-16)24-20(27-14)12-17(13-21(24)28)15-7-9-19(30-2)10-8-15/h4-11,17,23,27H,12-13H2,1-3H3/t17-,23+/m0/s1. The van der Waals surface area contributed by atoms with Gasteiger partial charge >= 0.3 is 5.97 Å². The Bertz CT molecular complexity index is 1100. The van der Waals surface area contributed by atoms with E-state index >= 15 is 0 Å². The lowest BCUT2D eigenvalue weighted by atomic mass is 9.71. The van der Waals surface area contributed by atoms with Gasteiger partial charge in [0.25, 0.3) is 0 Å². The fraction of sp³-hybridized carbons (Fsp3) is 0.280. The molecule has 1 N–H and O–H groups in total. The number of allylic oxidation sites excluding steroid dienone is 3. The van der Waals surface area contributed by atoms with Gasteiger partial charge in [-0.3, -0.25) is 4.79 Å². The van der Waals surface area contributed by atoms with Crippen molar-refractivity contribution >= 4 is 11.8 Å². The van der Waals surface area contributed by atoms with Crippen LogP contribution in [0.3, 0.4) is 0 Å². The van der Waals surface area contributed by atoms with Crippen molar-refractivity contribution in [2.24, 2.45) is 0 Å². The van der Waals surface area contributed by atoms with E-state index in [1.54, 1.807) is 26.2 Å². The van der Waals surface area contributed by atoms with Crippen LogP contribution in [-0.4, -0.2) is 26.0 Å². The zero-order chi connectivity index (χ0) is 22.1. The topological polar surface area (TPSA) is 64.6 Å². The van der Waals surface area contributed by atoms with E-state index < -0.39 is 17.7 Å². The average molecular weight is 421 g/mol. The second-order valence-corrected chi connectivity index (χ2v) is 7.84. The van der Waals surface area contributed by atoms with Gasteiger partial charge in [0.15, 0.2) is 5.78 Å². The van der Waals surface area contributed by atoms with Crippen LogP contribution in [0.25, 0.3) is 0 Å². The molecule has 1 aliphatic heterocycles. The first-order chi connectivity index (χ1) is 14.9. The lowest BCUT2D eigenvalue weighted by Crippen LogP contribution is -2.36. The highest BCUT2D eigenvalue weighted by atomic mass is 19.1. The minimum atomic E-state index is -0.663. The Morgan fingerprint density at radius 2 is 1.81 bits per heavy atom. The molecule has 5 nitrogen and oxygen atoms in total. The lowest BCUT2D eigenvalue weighted by Gasteiger charge is -2.36. The number of nitrogens with one attached hydrogen (secondary N) is 1. The van der Waals surface area contributed by atoms with Gasteiger partial charge in [0.1, 0.15) is 11.6 Å². The molecule has 0 amide bonds. The predicted octanol–water partition coefficient (Wildman–Crippen LogP) is 4.37. The SMILES string of the molecule is COC(=O)C1=C(C)NC2=C(C(=O)C[C@@H](c3ccc(OC)cc3)C2)[C@@H]1c1cccc(F)c1. The Morgan fingerprint density at radius 3 is 2.45 bits per heavy atom. The molecule has 0 saturated heterocycles. The summed E-state index contributed by atoms with van der Waals surface area (Å²) in [5.74, 6) is -0.906. The molecule has 4 rings (SSSR count). The molecule has 160 valence electrons. The van der Waals surface area contributed by atoms with Gasteiger partial charge in [-0.15, -0.1) is 0 Å². The Balaban J connectivity index is 1.78. The zero-order valence-electron chi connectivity index (χ0n) is 17.7. The quantitative estimate of drug-likeness (QED) is 0.743. The molecule has 0 saturated carbocycles. The smallest absolute Gasteiger partial charge is 0.336 e. The molecule has 0 bridgehead atoms. The first kappa shape index (κ1) is 20.8. The Morgan fingerprint density at radius 1 is 1.06 bits per heavy atom. The van der Waals surface area contributed by atoms with Crippen LogP contribution < -0.4 is 10.1 Å². The summed E-state index contributed by atoms with van der Waals surface area (Å²) in [5.41, 5.74) is 3.85. The highest BCUT2D eigenvalue weighted by Gasteiger charge is 2.41. The Hall–Kier alpha value is -3.41. The second kappa shape index (κ2) is 8.38. The van der Waals surface area contributed by atoms with E-state index in [-0.39, 0.29) is 11.7 Å². The molecule has 1 aliphatic carbocycles. The van der Waals surface area contributed by atoms with Gasteiger partial charge in [0.05, 0.1) is 19.8 Å². The van der Waals surface area contributed by atoms with E-state index in [2.05, 4.69) is 5.32 Å². The van der Waals surface area contributed by atoms with E-state index in [1.165, 1.54) is 19.2 Å². The summed E-state index contributed by atoms with van der Waals surface area (Å²) in [7, 11) is 2.92. The molecule has 2 aromatic carbocycles. The number of carbonyl (C=O) groups is 2.